The van der Waals surface area contributed by atoms with Crippen LogP contribution in [0.15, 0.2) is 40.9 Å². The van der Waals surface area contributed by atoms with E-state index in [2.05, 4.69) is 26.6 Å². The van der Waals surface area contributed by atoms with Crippen molar-refractivity contribution in [3.05, 3.63) is 57.8 Å². The van der Waals surface area contributed by atoms with E-state index in [0.29, 0.717) is 15.9 Å². The SMILES string of the molecule is Cc1cccc(NC(=O)CNC(=O)COc2ccc(F)cc2Br)c1C. The van der Waals surface area contributed by atoms with Crippen LogP contribution in [-0.4, -0.2) is 25.0 Å². The topological polar surface area (TPSA) is 67.4 Å². The van der Waals surface area contributed by atoms with Crippen molar-refractivity contribution in [1.82, 2.24) is 5.32 Å². The molecule has 0 aliphatic carbocycles. The van der Waals surface area contributed by atoms with Crippen molar-refractivity contribution in [2.75, 3.05) is 18.5 Å². The molecule has 2 amide bonds. The number of aryl methyl sites for hydroxylation is 1. The van der Waals surface area contributed by atoms with Gasteiger partial charge in [0, 0.05) is 5.69 Å². The zero-order chi connectivity index (χ0) is 18.4. The molecule has 0 aliphatic rings. The molecule has 2 N–H and O–H groups in total. The van der Waals surface area contributed by atoms with Crippen LogP contribution in [0.3, 0.4) is 0 Å². The van der Waals surface area contributed by atoms with E-state index in [4.69, 9.17) is 4.74 Å². The summed E-state index contributed by atoms with van der Waals surface area (Å²) in [5, 5.41) is 5.22. The molecule has 132 valence electrons. The van der Waals surface area contributed by atoms with E-state index in [0.717, 1.165) is 11.1 Å². The molecule has 0 unspecified atom stereocenters. The molecule has 0 bridgehead atoms. The van der Waals surface area contributed by atoms with Gasteiger partial charge in [0.1, 0.15) is 11.6 Å². The van der Waals surface area contributed by atoms with E-state index in [1.165, 1.54) is 18.2 Å². The first-order chi connectivity index (χ1) is 11.9. The molecular weight excluding hydrogens is 391 g/mol. The van der Waals surface area contributed by atoms with E-state index in [1.807, 2.05) is 26.0 Å². The summed E-state index contributed by atoms with van der Waals surface area (Å²) in [6, 6.07) is 9.50. The van der Waals surface area contributed by atoms with E-state index in [1.54, 1.807) is 6.07 Å². The van der Waals surface area contributed by atoms with Crippen molar-refractivity contribution in [3.63, 3.8) is 0 Å². The number of nitrogens with one attached hydrogen (secondary N) is 2. The maximum atomic E-state index is 13.0. The van der Waals surface area contributed by atoms with Crippen LogP contribution in [0.2, 0.25) is 0 Å². The molecule has 0 fully saturated rings. The third-order valence-electron chi connectivity index (χ3n) is 3.58. The number of anilines is 1. The van der Waals surface area contributed by atoms with Gasteiger partial charge in [0.2, 0.25) is 5.91 Å². The Bertz CT molecular complexity index is 796. The molecule has 0 spiro atoms. The molecule has 2 aromatic carbocycles. The van der Waals surface area contributed by atoms with Crippen LogP contribution < -0.4 is 15.4 Å². The van der Waals surface area contributed by atoms with Gasteiger partial charge in [-0.1, -0.05) is 12.1 Å². The van der Waals surface area contributed by atoms with Crippen LogP contribution in [0, 0.1) is 19.7 Å². The predicted octanol–water partition coefficient (Wildman–Crippen LogP) is 3.34. The minimum absolute atomic E-state index is 0.167. The normalized spacial score (nSPS) is 10.2. The Balaban J connectivity index is 1.79. The second-order valence-corrected chi connectivity index (χ2v) is 6.29. The fourth-order valence-corrected chi connectivity index (χ4v) is 2.51. The lowest BCUT2D eigenvalue weighted by Gasteiger charge is -2.11. The molecule has 0 heterocycles. The average Bonchev–Trinajstić information content (AvgIpc) is 2.56. The van der Waals surface area contributed by atoms with Gasteiger partial charge < -0.3 is 15.4 Å². The molecule has 0 aliphatic heterocycles. The Morgan fingerprint density at radius 3 is 2.64 bits per heavy atom. The number of ether oxygens (including phenoxy) is 1. The molecule has 0 aromatic heterocycles. The van der Waals surface area contributed by atoms with E-state index >= 15 is 0 Å². The summed E-state index contributed by atoms with van der Waals surface area (Å²) < 4.78 is 18.7. The summed E-state index contributed by atoms with van der Waals surface area (Å²) in [5.74, 6) is -0.847. The van der Waals surface area contributed by atoms with Crippen LogP contribution in [0.4, 0.5) is 10.1 Å². The molecule has 0 atom stereocenters. The van der Waals surface area contributed by atoms with Crippen molar-refractivity contribution in [2.45, 2.75) is 13.8 Å². The van der Waals surface area contributed by atoms with Crippen molar-refractivity contribution in [2.24, 2.45) is 0 Å². The largest absolute Gasteiger partial charge is 0.483 e. The van der Waals surface area contributed by atoms with Crippen LogP contribution in [0.5, 0.6) is 5.75 Å². The van der Waals surface area contributed by atoms with E-state index in [-0.39, 0.29) is 19.1 Å². The van der Waals surface area contributed by atoms with Crippen LogP contribution in [-0.2, 0) is 9.59 Å². The lowest BCUT2D eigenvalue weighted by atomic mass is 10.1. The summed E-state index contributed by atoms with van der Waals surface area (Å²) in [4.78, 5) is 23.7. The first-order valence-electron chi connectivity index (χ1n) is 7.57. The van der Waals surface area contributed by atoms with Crippen LogP contribution in [0.25, 0.3) is 0 Å². The van der Waals surface area contributed by atoms with Gasteiger partial charge in [-0.2, -0.15) is 0 Å². The Hall–Kier alpha value is -2.41. The zero-order valence-corrected chi connectivity index (χ0v) is 15.4. The molecule has 7 heteroatoms. The number of amides is 2. The number of hydrogen-bond acceptors (Lipinski definition) is 3. The summed E-state index contributed by atoms with van der Waals surface area (Å²) in [6.07, 6.45) is 0. The summed E-state index contributed by atoms with van der Waals surface area (Å²) in [5.41, 5.74) is 2.76. The number of halogens is 2. The smallest absolute Gasteiger partial charge is 0.258 e. The molecule has 2 aromatic rings. The van der Waals surface area contributed by atoms with Crippen molar-refractivity contribution < 1.29 is 18.7 Å². The van der Waals surface area contributed by atoms with Crippen molar-refractivity contribution in [1.29, 1.82) is 0 Å². The Kier molecular flexibility index (Phi) is 6.52. The number of carbonyl (C=O) groups is 2. The van der Waals surface area contributed by atoms with Gasteiger partial charge in [-0.3, -0.25) is 9.59 Å². The second kappa shape index (κ2) is 8.62. The number of carbonyl (C=O) groups excluding carboxylic acids is 2. The number of rotatable bonds is 6. The van der Waals surface area contributed by atoms with Gasteiger partial charge in [-0.05, 0) is 65.2 Å². The lowest BCUT2D eigenvalue weighted by molar-refractivity contribution is -0.125. The highest BCUT2D eigenvalue weighted by atomic mass is 79.9. The molecule has 0 saturated carbocycles. The van der Waals surface area contributed by atoms with Gasteiger partial charge in [0.05, 0.1) is 11.0 Å². The first kappa shape index (κ1) is 18.9. The first-order valence-corrected chi connectivity index (χ1v) is 8.36. The Morgan fingerprint density at radius 2 is 1.92 bits per heavy atom. The lowest BCUT2D eigenvalue weighted by Crippen LogP contribution is -2.35. The van der Waals surface area contributed by atoms with Gasteiger partial charge >= 0.3 is 0 Å². The van der Waals surface area contributed by atoms with Crippen molar-refractivity contribution in [3.8, 4) is 5.75 Å². The number of benzene rings is 2. The van der Waals surface area contributed by atoms with Gasteiger partial charge in [-0.15, -0.1) is 0 Å². The minimum atomic E-state index is -0.452. The maximum Gasteiger partial charge on any atom is 0.258 e. The van der Waals surface area contributed by atoms with Gasteiger partial charge in [0.15, 0.2) is 6.61 Å². The summed E-state index contributed by atoms with van der Waals surface area (Å²) in [6.45, 7) is 3.43. The van der Waals surface area contributed by atoms with E-state index < -0.39 is 11.7 Å². The van der Waals surface area contributed by atoms with Gasteiger partial charge in [0.25, 0.3) is 5.91 Å². The van der Waals surface area contributed by atoms with Crippen molar-refractivity contribution >= 4 is 33.4 Å². The highest BCUT2D eigenvalue weighted by Gasteiger charge is 2.10. The number of hydrogen-bond donors (Lipinski definition) is 2. The molecular formula is C18H18BrFN2O3. The second-order valence-electron chi connectivity index (χ2n) is 5.44. The summed E-state index contributed by atoms with van der Waals surface area (Å²) >= 11 is 3.15. The molecule has 0 saturated heterocycles. The third-order valence-corrected chi connectivity index (χ3v) is 4.20. The highest BCUT2D eigenvalue weighted by Crippen LogP contribution is 2.25. The maximum absolute atomic E-state index is 13.0. The zero-order valence-electron chi connectivity index (χ0n) is 13.9. The van der Waals surface area contributed by atoms with Crippen LogP contribution in [0.1, 0.15) is 11.1 Å². The molecule has 25 heavy (non-hydrogen) atoms. The molecule has 5 nitrogen and oxygen atoms in total. The quantitative estimate of drug-likeness (QED) is 0.769. The predicted molar refractivity (Wildman–Crippen MR) is 97.2 cm³/mol. The Labute approximate surface area is 153 Å². The highest BCUT2D eigenvalue weighted by molar-refractivity contribution is 9.10. The third kappa shape index (κ3) is 5.56. The standard InChI is InChI=1S/C18H18BrFN2O3/c1-11-4-3-5-15(12(11)2)22-17(23)9-21-18(24)10-25-16-7-6-13(20)8-14(16)19/h3-8H,9-10H2,1-2H3,(H,21,24)(H,22,23). The van der Waals surface area contributed by atoms with Crippen LogP contribution >= 0.6 is 15.9 Å². The Morgan fingerprint density at radius 1 is 1.16 bits per heavy atom. The minimum Gasteiger partial charge on any atom is -0.483 e. The average molecular weight is 409 g/mol. The van der Waals surface area contributed by atoms with E-state index in [9.17, 15) is 14.0 Å². The summed E-state index contributed by atoms with van der Waals surface area (Å²) in [7, 11) is 0. The van der Waals surface area contributed by atoms with Gasteiger partial charge in [-0.25, -0.2) is 4.39 Å². The molecule has 2 rings (SSSR count). The monoisotopic (exact) mass is 408 g/mol. The fraction of sp³-hybridized carbons (Fsp3) is 0.222. The molecule has 0 radical (unpaired) electrons. The fourth-order valence-electron chi connectivity index (χ4n) is 2.05.